The van der Waals surface area contributed by atoms with Gasteiger partial charge in [0.05, 0.1) is 24.8 Å². The van der Waals surface area contributed by atoms with Crippen molar-refractivity contribution in [1.29, 1.82) is 0 Å². The van der Waals surface area contributed by atoms with Gasteiger partial charge in [0.15, 0.2) is 0 Å². The van der Waals surface area contributed by atoms with Gasteiger partial charge in [-0.15, -0.1) is 0 Å². The topological polar surface area (TPSA) is 67.4 Å². The minimum Gasteiger partial charge on any atom is -0.465 e. The highest BCUT2D eigenvalue weighted by Gasteiger charge is 2.39. The van der Waals surface area contributed by atoms with Crippen LogP contribution in [0.5, 0.6) is 0 Å². The maximum Gasteiger partial charge on any atom is 0.337 e. The number of hydrogen-bond donors (Lipinski definition) is 2. The number of amides is 1. The number of piperidine rings is 1. The molecule has 2 N–H and O–H groups in total. The standard InChI is InChI=1S/C16H20F2N2O3/c1-10(11-3-5-12(6-4-11)15(22)23-2)20-14(21)13-9-16(17,18)7-8-19-13/h3-6,10,13,19H,7-9H2,1-2H3,(H,20,21)/t10-,13+/m0/s1. The van der Waals surface area contributed by atoms with E-state index < -0.39 is 30.3 Å². The van der Waals surface area contributed by atoms with Crippen molar-refractivity contribution >= 4 is 11.9 Å². The normalized spacial score (nSPS) is 21.3. The van der Waals surface area contributed by atoms with Gasteiger partial charge in [-0.3, -0.25) is 4.79 Å². The second-order valence-electron chi connectivity index (χ2n) is 5.66. The average Bonchev–Trinajstić information content (AvgIpc) is 2.53. The Morgan fingerprint density at radius 2 is 2.00 bits per heavy atom. The summed E-state index contributed by atoms with van der Waals surface area (Å²) >= 11 is 0. The number of halogens is 2. The summed E-state index contributed by atoms with van der Waals surface area (Å²) in [5, 5.41) is 5.53. The lowest BCUT2D eigenvalue weighted by atomic mass is 9.99. The first-order valence-electron chi connectivity index (χ1n) is 7.42. The first-order valence-corrected chi connectivity index (χ1v) is 7.42. The minimum atomic E-state index is -2.81. The lowest BCUT2D eigenvalue weighted by Crippen LogP contribution is -2.52. The van der Waals surface area contributed by atoms with Crippen molar-refractivity contribution in [3.63, 3.8) is 0 Å². The third-order valence-corrected chi connectivity index (χ3v) is 3.89. The molecule has 0 aromatic heterocycles. The summed E-state index contributed by atoms with van der Waals surface area (Å²) < 4.78 is 31.3. The van der Waals surface area contributed by atoms with E-state index in [0.717, 1.165) is 5.56 Å². The second kappa shape index (κ2) is 7.04. The SMILES string of the molecule is COC(=O)c1ccc([C@H](C)NC(=O)[C@H]2CC(F)(F)CCN2)cc1. The van der Waals surface area contributed by atoms with Gasteiger partial charge in [-0.2, -0.15) is 0 Å². The summed E-state index contributed by atoms with van der Waals surface area (Å²) in [6, 6.07) is 5.33. The van der Waals surface area contributed by atoms with Crippen LogP contribution in [0.4, 0.5) is 8.78 Å². The Morgan fingerprint density at radius 3 is 2.57 bits per heavy atom. The zero-order chi connectivity index (χ0) is 17.0. The molecule has 0 radical (unpaired) electrons. The summed E-state index contributed by atoms with van der Waals surface area (Å²) in [5.74, 6) is -3.70. The van der Waals surface area contributed by atoms with Gasteiger partial charge < -0.3 is 15.4 Å². The quantitative estimate of drug-likeness (QED) is 0.831. The fraction of sp³-hybridized carbons (Fsp3) is 0.500. The van der Waals surface area contributed by atoms with Crippen LogP contribution in [-0.4, -0.2) is 37.5 Å². The molecule has 0 aliphatic carbocycles. The Kier molecular flexibility index (Phi) is 5.30. The molecular formula is C16H20F2N2O3. The number of alkyl halides is 2. The molecular weight excluding hydrogens is 306 g/mol. The second-order valence-corrected chi connectivity index (χ2v) is 5.66. The molecule has 1 aliphatic heterocycles. The van der Waals surface area contributed by atoms with E-state index in [4.69, 9.17) is 0 Å². The Labute approximate surface area is 133 Å². The smallest absolute Gasteiger partial charge is 0.337 e. The molecule has 0 bridgehead atoms. The maximum absolute atomic E-state index is 13.4. The van der Waals surface area contributed by atoms with Gasteiger partial charge in [0.1, 0.15) is 0 Å². The van der Waals surface area contributed by atoms with E-state index >= 15 is 0 Å². The van der Waals surface area contributed by atoms with Crippen LogP contribution in [0.25, 0.3) is 0 Å². The van der Waals surface area contributed by atoms with Gasteiger partial charge in [0, 0.05) is 19.4 Å². The van der Waals surface area contributed by atoms with Crippen molar-refractivity contribution < 1.29 is 23.1 Å². The first kappa shape index (κ1) is 17.3. The largest absolute Gasteiger partial charge is 0.465 e. The predicted molar refractivity (Wildman–Crippen MR) is 80.3 cm³/mol. The van der Waals surface area contributed by atoms with Crippen LogP contribution in [0.1, 0.15) is 41.7 Å². The number of ether oxygens (including phenoxy) is 1. The molecule has 1 saturated heterocycles. The Hall–Kier alpha value is -2.02. The highest BCUT2D eigenvalue weighted by molar-refractivity contribution is 5.89. The molecule has 23 heavy (non-hydrogen) atoms. The summed E-state index contributed by atoms with van der Waals surface area (Å²) in [4.78, 5) is 23.5. The van der Waals surface area contributed by atoms with Gasteiger partial charge in [0.25, 0.3) is 5.92 Å². The van der Waals surface area contributed by atoms with E-state index in [9.17, 15) is 18.4 Å². The van der Waals surface area contributed by atoms with Gasteiger partial charge >= 0.3 is 5.97 Å². The molecule has 1 aromatic rings. The average molecular weight is 326 g/mol. The number of carbonyl (C=O) groups is 2. The molecule has 1 amide bonds. The fourth-order valence-corrected chi connectivity index (χ4v) is 2.51. The fourth-order valence-electron chi connectivity index (χ4n) is 2.51. The van der Waals surface area contributed by atoms with Crippen LogP contribution in [0.3, 0.4) is 0 Å². The Bertz CT molecular complexity index is 575. The lowest BCUT2D eigenvalue weighted by molar-refractivity contribution is -0.129. The van der Waals surface area contributed by atoms with E-state index in [1.807, 2.05) is 0 Å². The molecule has 1 aromatic carbocycles. The number of rotatable bonds is 4. The van der Waals surface area contributed by atoms with Crippen LogP contribution < -0.4 is 10.6 Å². The minimum absolute atomic E-state index is 0.118. The molecule has 126 valence electrons. The third kappa shape index (κ3) is 4.48. The maximum atomic E-state index is 13.4. The number of nitrogens with one attached hydrogen (secondary N) is 2. The molecule has 0 spiro atoms. The van der Waals surface area contributed by atoms with Crippen LogP contribution >= 0.6 is 0 Å². The van der Waals surface area contributed by atoms with E-state index in [-0.39, 0.29) is 19.0 Å². The van der Waals surface area contributed by atoms with Crippen LogP contribution in [0.15, 0.2) is 24.3 Å². The number of benzene rings is 1. The Balaban J connectivity index is 1.97. The highest BCUT2D eigenvalue weighted by Crippen LogP contribution is 2.27. The van der Waals surface area contributed by atoms with Crippen molar-refractivity contribution in [3.8, 4) is 0 Å². The molecule has 1 fully saturated rings. The Morgan fingerprint density at radius 1 is 1.35 bits per heavy atom. The van der Waals surface area contributed by atoms with Gasteiger partial charge in [0.2, 0.25) is 5.91 Å². The highest BCUT2D eigenvalue weighted by atomic mass is 19.3. The molecule has 2 rings (SSSR count). The lowest BCUT2D eigenvalue weighted by Gasteiger charge is -2.30. The van der Waals surface area contributed by atoms with E-state index in [1.165, 1.54) is 7.11 Å². The van der Waals surface area contributed by atoms with Gasteiger partial charge in [-0.25, -0.2) is 13.6 Å². The van der Waals surface area contributed by atoms with Crippen molar-refractivity contribution in [2.75, 3.05) is 13.7 Å². The van der Waals surface area contributed by atoms with Crippen LogP contribution in [-0.2, 0) is 9.53 Å². The van der Waals surface area contributed by atoms with Crippen LogP contribution in [0.2, 0.25) is 0 Å². The number of esters is 1. The summed E-state index contributed by atoms with van der Waals surface area (Å²) in [5.41, 5.74) is 1.18. The van der Waals surface area contributed by atoms with Gasteiger partial charge in [-0.05, 0) is 24.6 Å². The summed E-state index contributed by atoms with van der Waals surface area (Å²) in [6.45, 7) is 1.87. The van der Waals surface area contributed by atoms with E-state index in [1.54, 1.807) is 31.2 Å². The molecule has 1 aliphatic rings. The van der Waals surface area contributed by atoms with E-state index in [2.05, 4.69) is 15.4 Å². The van der Waals surface area contributed by atoms with Crippen molar-refractivity contribution in [2.45, 2.75) is 37.8 Å². The van der Waals surface area contributed by atoms with Crippen LogP contribution in [0, 0.1) is 0 Å². The molecule has 7 heteroatoms. The first-order chi connectivity index (χ1) is 10.8. The summed E-state index contributed by atoms with van der Waals surface area (Å²) in [6.07, 6.45) is -0.742. The molecule has 5 nitrogen and oxygen atoms in total. The zero-order valence-corrected chi connectivity index (χ0v) is 13.1. The summed E-state index contributed by atoms with van der Waals surface area (Å²) in [7, 11) is 1.30. The van der Waals surface area contributed by atoms with Crippen molar-refractivity contribution in [3.05, 3.63) is 35.4 Å². The number of methoxy groups -OCH3 is 1. The third-order valence-electron chi connectivity index (χ3n) is 3.89. The van der Waals surface area contributed by atoms with Gasteiger partial charge in [-0.1, -0.05) is 12.1 Å². The molecule has 2 atom stereocenters. The van der Waals surface area contributed by atoms with E-state index in [0.29, 0.717) is 5.56 Å². The molecule has 1 heterocycles. The van der Waals surface area contributed by atoms with Crippen molar-refractivity contribution in [2.24, 2.45) is 0 Å². The van der Waals surface area contributed by atoms with Crippen molar-refractivity contribution in [1.82, 2.24) is 10.6 Å². The zero-order valence-electron chi connectivity index (χ0n) is 13.1. The number of hydrogen-bond acceptors (Lipinski definition) is 4. The number of carbonyl (C=O) groups excluding carboxylic acids is 2. The monoisotopic (exact) mass is 326 g/mol. The molecule has 0 saturated carbocycles. The predicted octanol–water partition coefficient (Wildman–Crippen LogP) is 2.04. The molecule has 0 unspecified atom stereocenters.